The van der Waals surface area contributed by atoms with E-state index < -0.39 is 23.4 Å². The molecule has 1 aromatic carbocycles. The van der Waals surface area contributed by atoms with E-state index in [0.717, 1.165) is 35.9 Å². The van der Waals surface area contributed by atoms with Gasteiger partial charge in [0, 0.05) is 42.9 Å². The largest absolute Gasteiger partial charge is 0.349 e. The number of halogens is 3. The minimum atomic E-state index is -2.88. The molecule has 0 unspecified atom stereocenters. The van der Waals surface area contributed by atoms with E-state index in [1.165, 1.54) is 17.4 Å². The smallest absolute Gasteiger partial charge is 0.281 e. The molecule has 214 valence electrons. The van der Waals surface area contributed by atoms with Crippen molar-refractivity contribution in [3.05, 3.63) is 74.5 Å². The number of hydrogen-bond acceptors (Lipinski definition) is 6. The number of hydrogen-bond donors (Lipinski definition) is 1. The minimum absolute atomic E-state index is 0.0174. The molecular formula is C29H28ClF2N5O3S. The van der Waals surface area contributed by atoms with Gasteiger partial charge in [0.05, 0.1) is 16.1 Å². The second-order valence-electron chi connectivity index (χ2n) is 11.1. The first-order valence-electron chi connectivity index (χ1n) is 13.5. The lowest BCUT2D eigenvalue weighted by Gasteiger charge is -2.46. The Hall–Kier alpha value is -3.44. The molecule has 8 nitrogen and oxygen atoms in total. The first kappa shape index (κ1) is 27.7. The van der Waals surface area contributed by atoms with Crippen molar-refractivity contribution in [2.45, 2.75) is 50.5 Å². The summed E-state index contributed by atoms with van der Waals surface area (Å²) >= 11 is 7.27. The van der Waals surface area contributed by atoms with Crippen LogP contribution in [0.2, 0.25) is 5.02 Å². The lowest BCUT2D eigenvalue weighted by atomic mass is 9.74. The van der Waals surface area contributed by atoms with Gasteiger partial charge in [-0.2, -0.15) is 0 Å². The molecule has 6 rings (SSSR count). The summed E-state index contributed by atoms with van der Waals surface area (Å²) in [5.74, 6) is -0.536. The van der Waals surface area contributed by atoms with Gasteiger partial charge in [0.25, 0.3) is 18.2 Å². The monoisotopic (exact) mass is 599 g/mol. The van der Waals surface area contributed by atoms with E-state index in [4.69, 9.17) is 11.6 Å². The number of aromatic nitrogens is 2. The molecule has 41 heavy (non-hydrogen) atoms. The van der Waals surface area contributed by atoms with Gasteiger partial charge in [-0.3, -0.25) is 19.4 Å². The number of aryl methyl sites for hydroxylation is 1. The van der Waals surface area contributed by atoms with Gasteiger partial charge in [-0.15, -0.1) is 11.3 Å². The van der Waals surface area contributed by atoms with Crippen LogP contribution in [0.15, 0.2) is 41.4 Å². The van der Waals surface area contributed by atoms with Crippen LogP contribution in [0.4, 0.5) is 14.5 Å². The summed E-state index contributed by atoms with van der Waals surface area (Å²) in [6.45, 7) is 3.20. The standard InChI is InChI=1S/C29H28ClF2N5O3S/c1-16-2-7-23-21(8-16)29(13-36(14-29)27(39)22-12-41-15-34-22)28(40)37(23)11-17-3-5-19(6-4-17)35-26(38)20-9-18(30)10-33-24(20)25(31)32/h2,7-10,12,15,17,19,25H,3-6,11,13-14H2,1H3,(H,35,38)/t17-,19-. The number of carbonyl (C=O) groups is 3. The third kappa shape index (κ3) is 4.99. The van der Waals surface area contributed by atoms with E-state index in [0.29, 0.717) is 38.2 Å². The number of fused-ring (bicyclic) bond motifs is 2. The van der Waals surface area contributed by atoms with Gasteiger partial charge in [0.1, 0.15) is 16.8 Å². The SMILES string of the molecule is Cc1ccc2c(c1)C1(CN(C(=O)c3cscn3)C1)C(=O)N2C[C@H]1CC[C@H](NC(=O)c2cc(Cl)cnc2C(F)F)CC1. The van der Waals surface area contributed by atoms with Crippen LogP contribution in [0.3, 0.4) is 0 Å². The molecular weight excluding hydrogens is 572 g/mol. The molecule has 3 aliphatic rings. The lowest BCUT2D eigenvalue weighted by Crippen LogP contribution is -2.65. The van der Waals surface area contributed by atoms with Crippen molar-refractivity contribution in [1.82, 2.24) is 20.2 Å². The van der Waals surface area contributed by atoms with Crippen LogP contribution in [0.1, 0.15) is 69.8 Å². The second kappa shape index (κ2) is 10.8. The minimum Gasteiger partial charge on any atom is -0.349 e. The highest BCUT2D eigenvalue weighted by Crippen LogP contribution is 2.48. The van der Waals surface area contributed by atoms with Crippen molar-refractivity contribution < 1.29 is 23.2 Å². The molecule has 3 aromatic rings. The highest BCUT2D eigenvalue weighted by atomic mass is 35.5. The number of pyridine rings is 1. The van der Waals surface area contributed by atoms with Crippen molar-refractivity contribution in [3.63, 3.8) is 0 Å². The Kier molecular flexibility index (Phi) is 7.27. The Balaban J connectivity index is 1.11. The fourth-order valence-corrected chi connectivity index (χ4v) is 6.97. The second-order valence-corrected chi connectivity index (χ2v) is 12.3. The molecule has 1 saturated heterocycles. The topological polar surface area (TPSA) is 95.5 Å². The van der Waals surface area contributed by atoms with Crippen molar-refractivity contribution in [1.29, 1.82) is 0 Å². The van der Waals surface area contributed by atoms with Crippen molar-refractivity contribution in [2.75, 3.05) is 24.5 Å². The summed E-state index contributed by atoms with van der Waals surface area (Å²) in [5.41, 5.74) is 3.41. The van der Waals surface area contributed by atoms with Crippen molar-refractivity contribution in [3.8, 4) is 0 Å². The fourth-order valence-electron chi connectivity index (χ4n) is 6.28. The number of amides is 3. The van der Waals surface area contributed by atoms with Crippen LogP contribution in [-0.2, 0) is 10.2 Å². The molecule has 3 amide bonds. The Labute approximate surface area is 244 Å². The molecule has 2 aromatic heterocycles. The van der Waals surface area contributed by atoms with Gasteiger partial charge in [-0.1, -0.05) is 29.3 Å². The number of likely N-dealkylation sites (tertiary alicyclic amines) is 1. The van der Waals surface area contributed by atoms with Gasteiger partial charge >= 0.3 is 0 Å². The van der Waals surface area contributed by atoms with Crippen LogP contribution >= 0.6 is 22.9 Å². The zero-order valence-corrected chi connectivity index (χ0v) is 23.9. The average Bonchev–Trinajstić information content (AvgIpc) is 3.54. The van der Waals surface area contributed by atoms with Crippen LogP contribution < -0.4 is 10.2 Å². The van der Waals surface area contributed by atoms with E-state index >= 15 is 0 Å². The Morgan fingerprint density at radius 2 is 1.93 bits per heavy atom. The highest BCUT2D eigenvalue weighted by Gasteiger charge is 2.59. The summed E-state index contributed by atoms with van der Waals surface area (Å²) in [6, 6.07) is 7.10. The predicted octanol–water partition coefficient (Wildman–Crippen LogP) is 5.17. The van der Waals surface area contributed by atoms with Crippen LogP contribution in [0.25, 0.3) is 0 Å². The summed E-state index contributed by atoms with van der Waals surface area (Å²) in [6.07, 6.45) is 1.09. The summed E-state index contributed by atoms with van der Waals surface area (Å²) < 4.78 is 26.7. The molecule has 1 saturated carbocycles. The van der Waals surface area contributed by atoms with E-state index in [2.05, 4.69) is 21.4 Å². The summed E-state index contributed by atoms with van der Waals surface area (Å²) in [5, 5.41) is 4.71. The van der Waals surface area contributed by atoms with Crippen LogP contribution in [0.5, 0.6) is 0 Å². The molecule has 1 N–H and O–H groups in total. The number of thiazole rings is 1. The number of nitrogens with zero attached hydrogens (tertiary/aromatic N) is 4. The first-order valence-corrected chi connectivity index (χ1v) is 14.8. The van der Waals surface area contributed by atoms with E-state index in [1.807, 2.05) is 24.0 Å². The van der Waals surface area contributed by atoms with Gasteiger partial charge in [-0.05, 0) is 56.2 Å². The molecule has 0 atom stereocenters. The third-order valence-electron chi connectivity index (χ3n) is 8.43. The number of rotatable bonds is 6. The molecule has 1 spiro atoms. The normalized spacial score (nSPS) is 21.2. The fraction of sp³-hybridized carbons (Fsp3) is 0.414. The number of alkyl halides is 2. The Bertz CT molecular complexity index is 1500. The first-order chi connectivity index (χ1) is 19.7. The highest BCUT2D eigenvalue weighted by molar-refractivity contribution is 7.07. The maximum absolute atomic E-state index is 13.9. The van der Waals surface area contributed by atoms with Gasteiger partial charge in [0.15, 0.2) is 0 Å². The third-order valence-corrected chi connectivity index (χ3v) is 9.23. The van der Waals surface area contributed by atoms with Gasteiger partial charge in [-0.25, -0.2) is 13.8 Å². The summed E-state index contributed by atoms with van der Waals surface area (Å²) in [7, 11) is 0. The number of nitrogens with one attached hydrogen (secondary N) is 1. The number of carbonyl (C=O) groups excluding carboxylic acids is 3. The zero-order valence-electron chi connectivity index (χ0n) is 22.3. The van der Waals surface area contributed by atoms with E-state index in [9.17, 15) is 23.2 Å². The Morgan fingerprint density at radius 3 is 2.61 bits per heavy atom. The van der Waals surface area contributed by atoms with Crippen LogP contribution in [-0.4, -0.2) is 58.3 Å². The molecule has 0 bridgehead atoms. The van der Waals surface area contributed by atoms with Crippen molar-refractivity contribution >= 4 is 46.3 Å². The Morgan fingerprint density at radius 1 is 1.17 bits per heavy atom. The maximum atomic E-state index is 13.9. The predicted molar refractivity (Wildman–Crippen MR) is 151 cm³/mol. The molecule has 2 aliphatic heterocycles. The van der Waals surface area contributed by atoms with Crippen molar-refractivity contribution in [2.24, 2.45) is 5.92 Å². The molecule has 12 heteroatoms. The van der Waals surface area contributed by atoms with Gasteiger partial charge in [0.2, 0.25) is 5.91 Å². The van der Waals surface area contributed by atoms with E-state index in [1.54, 1.807) is 15.8 Å². The molecule has 1 aliphatic carbocycles. The summed E-state index contributed by atoms with van der Waals surface area (Å²) in [4.78, 5) is 50.9. The molecule has 0 radical (unpaired) electrons. The quantitative estimate of drug-likeness (QED) is 0.422. The van der Waals surface area contributed by atoms with Crippen LogP contribution in [0, 0.1) is 12.8 Å². The number of benzene rings is 1. The molecule has 4 heterocycles. The van der Waals surface area contributed by atoms with Gasteiger partial charge < -0.3 is 15.1 Å². The number of anilines is 1. The lowest BCUT2D eigenvalue weighted by molar-refractivity contribution is -0.128. The average molecular weight is 600 g/mol. The molecule has 2 fully saturated rings. The maximum Gasteiger partial charge on any atom is 0.281 e. The van der Waals surface area contributed by atoms with E-state index in [-0.39, 0.29) is 34.4 Å². The zero-order chi connectivity index (χ0) is 28.9.